The van der Waals surface area contributed by atoms with Gasteiger partial charge in [0.2, 0.25) is 5.88 Å². The molecular formula is C10H18N2O3. The van der Waals surface area contributed by atoms with Gasteiger partial charge in [-0.3, -0.25) is 4.98 Å². The number of aliphatic hydroxyl groups excluding tert-OH is 2. The number of nitrogens with zero attached hydrogens (tertiary/aromatic N) is 2. The number of aryl methyl sites for hydroxylation is 1. The lowest BCUT2D eigenvalue weighted by Crippen LogP contribution is -2.21. The fourth-order valence-corrected chi connectivity index (χ4v) is 0.744. The van der Waals surface area contributed by atoms with Gasteiger partial charge in [0.15, 0.2) is 0 Å². The highest BCUT2D eigenvalue weighted by Gasteiger charge is 2.03. The number of hydrogen-bond acceptors (Lipinski definition) is 5. The van der Waals surface area contributed by atoms with Crippen LogP contribution in [0.5, 0.6) is 5.88 Å². The fraction of sp³-hybridized carbons (Fsp3) is 0.600. The number of hydrogen-bond donors (Lipinski definition) is 2. The first-order valence-corrected chi connectivity index (χ1v) is 4.92. The normalized spacial score (nSPS) is 11.3. The van der Waals surface area contributed by atoms with E-state index >= 15 is 0 Å². The van der Waals surface area contributed by atoms with Gasteiger partial charge in [-0.1, -0.05) is 13.8 Å². The van der Waals surface area contributed by atoms with E-state index in [-0.39, 0.29) is 13.2 Å². The molecule has 1 unspecified atom stereocenters. The van der Waals surface area contributed by atoms with E-state index in [2.05, 4.69) is 9.97 Å². The lowest BCUT2D eigenvalue weighted by Gasteiger charge is -2.08. The summed E-state index contributed by atoms with van der Waals surface area (Å²) < 4.78 is 5.06. The highest BCUT2D eigenvalue weighted by molar-refractivity contribution is 5.06. The third kappa shape index (κ3) is 5.98. The van der Waals surface area contributed by atoms with Gasteiger partial charge in [-0.15, -0.1) is 0 Å². The van der Waals surface area contributed by atoms with Crippen molar-refractivity contribution in [2.24, 2.45) is 0 Å². The van der Waals surface area contributed by atoms with Crippen LogP contribution in [0.1, 0.15) is 19.5 Å². The molecule has 15 heavy (non-hydrogen) atoms. The van der Waals surface area contributed by atoms with Crippen LogP contribution in [0.4, 0.5) is 0 Å². The van der Waals surface area contributed by atoms with Crippen molar-refractivity contribution in [1.82, 2.24) is 9.97 Å². The molecule has 0 aromatic carbocycles. The van der Waals surface area contributed by atoms with E-state index in [1.54, 1.807) is 13.1 Å². The molecule has 5 nitrogen and oxygen atoms in total. The van der Waals surface area contributed by atoms with Gasteiger partial charge in [-0.25, -0.2) is 4.98 Å². The van der Waals surface area contributed by atoms with E-state index in [4.69, 9.17) is 14.9 Å². The summed E-state index contributed by atoms with van der Waals surface area (Å²) in [5.41, 5.74) is 0.746. The van der Waals surface area contributed by atoms with E-state index in [9.17, 15) is 0 Å². The first kappa shape index (κ1) is 13.8. The minimum atomic E-state index is -0.873. The molecule has 2 N–H and O–H groups in total. The molecule has 86 valence electrons. The molecule has 1 aromatic rings. The highest BCUT2D eigenvalue weighted by atomic mass is 16.5. The van der Waals surface area contributed by atoms with Gasteiger partial charge in [0.05, 0.1) is 18.5 Å². The minimum Gasteiger partial charge on any atom is -0.474 e. The largest absolute Gasteiger partial charge is 0.474 e. The number of aliphatic hydroxyl groups is 2. The van der Waals surface area contributed by atoms with Crippen LogP contribution in [-0.4, -0.2) is 39.5 Å². The molecular weight excluding hydrogens is 196 g/mol. The Hall–Kier alpha value is -1.20. The molecule has 1 heterocycles. The monoisotopic (exact) mass is 214 g/mol. The van der Waals surface area contributed by atoms with E-state index in [1.807, 2.05) is 13.8 Å². The number of rotatable bonds is 4. The number of aromatic nitrogens is 2. The summed E-state index contributed by atoms with van der Waals surface area (Å²) in [4.78, 5) is 7.86. The molecule has 0 spiro atoms. The average Bonchev–Trinajstić information content (AvgIpc) is 2.29. The van der Waals surface area contributed by atoms with Crippen LogP contribution in [0.25, 0.3) is 0 Å². The van der Waals surface area contributed by atoms with Gasteiger partial charge in [0.25, 0.3) is 0 Å². The zero-order valence-corrected chi connectivity index (χ0v) is 9.34. The smallest absolute Gasteiger partial charge is 0.232 e. The van der Waals surface area contributed by atoms with Crippen LogP contribution in [0.2, 0.25) is 0 Å². The van der Waals surface area contributed by atoms with Gasteiger partial charge in [0, 0.05) is 6.20 Å². The van der Waals surface area contributed by atoms with Crippen molar-refractivity contribution >= 4 is 0 Å². The zero-order valence-electron chi connectivity index (χ0n) is 9.34. The van der Waals surface area contributed by atoms with Gasteiger partial charge < -0.3 is 14.9 Å². The molecule has 5 heteroatoms. The molecule has 1 atom stereocenters. The predicted molar refractivity (Wildman–Crippen MR) is 56.7 cm³/mol. The fourth-order valence-electron chi connectivity index (χ4n) is 0.744. The van der Waals surface area contributed by atoms with Crippen molar-refractivity contribution in [2.45, 2.75) is 26.9 Å². The molecule has 1 rings (SSSR count). The Morgan fingerprint density at radius 2 is 2.07 bits per heavy atom. The second-order valence-corrected chi connectivity index (χ2v) is 2.65. The maximum absolute atomic E-state index is 8.97. The summed E-state index contributed by atoms with van der Waals surface area (Å²) in [6.45, 7) is 5.50. The Morgan fingerprint density at radius 1 is 1.40 bits per heavy atom. The topological polar surface area (TPSA) is 75.5 Å². The van der Waals surface area contributed by atoms with Gasteiger partial charge in [-0.2, -0.15) is 0 Å². The van der Waals surface area contributed by atoms with Crippen molar-refractivity contribution in [1.29, 1.82) is 0 Å². The van der Waals surface area contributed by atoms with Gasteiger partial charge in [0.1, 0.15) is 12.7 Å². The molecule has 0 aliphatic rings. The molecule has 0 radical (unpaired) electrons. The zero-order chi connectivity index (χ0) is 11.7. The molecule has 0 saturated carbocycles. The molecule has 0 aliphatic carbocycles. The van der Waals surface area contributed by atoms with Crippen molar-refractivity contribution in [3.05, 3.63) is 18.1 Å². The van der Waals surface area contributed by atoms with Crippen LogP contribution in [-0.2, 0) is 0 Å². The van der Waals surface area contributed by atoms with E-state index < -0.39 is 6.10 Å². The Morgan fingerprint density at radius 3 is 2.60 bits per heavy atom. The number of ether oxygens (including phenoxy) is 1. The van der Waals surface area contributed by atoms with E-state index in [0.717, 1.165) is 5.69 Å². The molecule has 0 fully saturated rings. The second kappa shape index (κ2) is 8.14. The maximum atomic E-state index is 8.97. The second-order valence-electron chi connectivity index (χ2n) is 2.65. The summed E-state index contributed by atoms with van der Waals surface area (Å²) in [6, 6.07) is 0. The van der Waals surface area contributed by atoms with E-state index in [1.165, 1.54) is 6.20 Å². The van der Waals surface area contributed by atoms with Gasteiger partial charge >= 0.3 is 0 Å². The van der Waals surface area contributed by atoms with Gasteiger partial charge in [-0.05, 0) is 6.92 Å². The van der Waals surface area contributed by atoms with Crippen molar-refractivity contribution in [3.8, 4) is 5.88 Å². The van der Waals surface area contributed by atoms with Crippen LogP contribution < -0.4 is 4.74 Å². The summed E-state index contributed by atoms with van der Waals surface area (Å²) in [5.74, 6) is 0.354. The summed E-state index contributed by atoms with van der Waals surface area (Å²) in [6.07, 6.45) is 2.19. The Labute approximate surface area is 89.8 Å². The highest BCUT2D eigenvalue weighted by Crippen LogP contribution is 2.04. The summed E-state index contributed by atoms with van der Waals surface area (Å²) >= 11 is 0. The van der Waals surface area contributed by atoms with Crippen LogP contribution in [0, 0.1) is 6.92 Å². The third-order valence-electron chi connectivity index (χ3n) is 1.37. The minimum absolute atomic E-state index is 0.0225. The SMILES string of the molecule is CC.Cc1cncc(OCC(O)CO)n1. The molecule has 1 aromatic heterocycles. The van der Waals surface area contributed by atoms with Crippen LogP contribution in [0.3, 0.4) is 0 Å². The first-order valence-electron chi connectivity index (χ1n) is 4.92. The van der Waals surface area contributed by atoms with E-state index in [0.29, 0.717) is 5.88 Å². The summed E-state index contributed by atoms with van der Waals surface area (Å²) in [5, 5.41) is 17.5. The Bertz CT molecular complexity index is 269. The molecule has 0 bridgehead atoms. The van der Waals surface area contributed by atoms with Crippen molar-refractivity contribution in [3.63, 3.8) is 0 Å². The third-order valence-corrected chi connectivity index (χ3v) is 1.37. The van der Waals surface area contributed by atoms with Crippen molar-refractivity contribution in [2.75, 3.05) is 13.2 Å². The van der Waals surface area contributed by atoms with Crippen LogP contribution >= 0.6 is 0 Å². The predicted octanol–water partition coefficient (Wildman–Crippen LogP) is 0.543. The maximum Gasteiger partial charge on any atom is 0.232 e. The standard InChI is InChI=1S/C8H12N2O3.C2H6/c1-6-2-9-3-8(10-6)13-5-7(12)4-11;1-2/h2-3,7,11-12H,4-5H2,1H3;1-2H3. The van der Waals surface area contributed by atoms with Crippen molar-refractivity contribution < 1.29 is 14.9 Å². The lowest BCUT2D eigenvalue weighted by molar-refractivity contribution is 0.0519. The lowest BCUT2D eigenvalue weighted by atomic mass is 10.4. The molecule has 0 amide bonds. The summed E-state index contributed by atoms with van der Waals surface area (Å²) in [7, 11) is 0. The average molecular weight is 214 g/mol. The molecule has 0 aliphatic heterocycles. The van der Waals surface area contributed by atoms with Crippen LogP contribution in [0.15, 0.2) is 12.4 Å². The first-order chi connectivity index (χ1) is 7.22. The quantitative estimate of drug-likeness (QED) is 0.765. The Kier molecular flexibility index (Phi) is 7.49. The molecule has 0 saturated heterocycles. The Balaban J connectivity index is 0.000000921.